The third-order valence-electron chi connectivity index (χ3n) is 4.07. The summed E-state index contributed by atoms with van der Waals surface area (Å²) in [5.41, 5.74) is 4.08. The second kappa shape index (κ2) is 3.62. The summed E-state index contributed by atoms with van der Waals surface area (Å²) in [4.78, 5) is 0. The van der Waals surface area contributed by atoms with Gasteiger partial charge in [-0.05, 0) is 17.6 Å². The molecule has 1 N–H and O–H groups in total. The normalized spacial score (nSPS) is 26.0. The fraction of sp³-hybridized carbons (Fsp3) is 0.333. The lowest BCUT2D eigenvalue weighted by molar-refractivity contribution is 0.473. The lowest BCUT2D eigenvalue weighted by Gasteiger charge is -2.34. The van der Waals surface area contributed by atoms with Crippen molar-refractivity contribution >= 4 is 28.1 Å². The molecule has 2 atom stereocenters. The van der Waals surface area contributed by atoms with Crippen molar-refractivity contribution < 1.29 is 0 Å². The van der Waals surface area contributed by atoms with Crippen molar-refractivity contribution in [1.29, 1.82) is 0 Å². The maximum atomic E-state index is 6.35. The quantitative estimate of drug-likeness (QED) is 0.767. The average molecular weight is 259 g/mol. The van der Waals surface area contributed by atoms with E-state index in [1.807, 2.05) is 0 Å². The average Bonchev–Trinajstić information content (AvgIpc) is 2.69. The molecule has 1 aromatic carbocycles. The van der Waals surface area contributed by atoms with Gasteiger partial charge in [-0.15, -0.1) is 0 Å². The van der Waals surface area contributed by atoms with Crippen LogP contribution in [0.25, 0.3) is 16.5 Å². The van der Waals surface area contributed by atoms with Gasteiger partial charge in [0, 0.05) is 24.0 Å². The van der Waals surface area contributed by atoms with E-state index in [2.05, 4.69) is 47.1 Å². The summed E-state index contributed by atoms with van der Waals surface area (Å²) in [6.45, 7) is 4.26. The number of para-hydroxylation sites is 1. The number of halogens is 1. The highest BCUT2D eigenvalue weighted by molar-refractivity contribution is 6.31. The topological polar surface area (TPSA) is 17.0 Å². The molecule has 92 valence electrons. The third kappa shape index (κ3) is 1.33. The summed E-state index contributed by atoms with van der Waals surface area (Å²) in [6.07, 6.45) is 2.42. The van der Waals surface area contributed by atoms with Gasteiger partial charge in [-0.1, -0.05) is 42.8 Å². The van der Waals surface area contributed by atoms with E-state index < -0.39 is 0 Å². The van der Waals surface area contributed by atoms with Gasteiger partial charge in [-0.25, -0.2) is 0 Å². The van der Waals surface area contributed by atoms with E-state index in [4.69, 9.17) is 11.6 Å². The number of hydrogen-bond acceptors (Lipinski definition) is 1. The molecule has 4 rings (SSSR count). The van der Waals surface area contributed by atoms with Gasteiger partial charge in [0.05, 0.1) is 11.6 Å². The van der Waals surface area contributed by atoms with Crippen LogP contribution in [0.5, 0.6) is 0 Å². The largest absolute Gasteiger partial charge is 0.329 e. The molecule has 0 spiro atoms. The first-order valence-electron chi connectivity index (χ1n) is 6.47. The second-order valence-corrected chi connectivity index (χ2v) is 5.77. The summed E-state index contributed by atoms with van der Waals surface area (Å²) in [5, 5.41) is 5.71. The zero-order valence-corrected chi connectivity index (χ0v) is 11.0. The number of aromatic nitrogens is 1. The number of nitrogens with one attached hydrogen (secondary N) is 1. The molecule has 0 saturated heterocycles. The standard InChI is InChI=1S/C15H15ClN2/c1-9-5-12-11-4-2-3-10-6-14(16)18(15(10)11)8-13(12)17-7-9/h2-6,9,13,17H,7-8H2,1H3/t9-,13?/m1/s1. The minimum absolute atomic E-state index is 0.407. The van der Waals surface area contributed by atoms with Crippen LogP contribution in [0.1, 0.15) is 12.5 Å². The van der Waals surface area contributed by atoms with E-state index in [9.17, 15) is 0 Å². The highest BCUT2D eigenvalue weighted by atomic mass is 35.5. The van der Waals surface area contributed by atoms with Gasteiger partial charge in [0.2, 0.25) is 0 Å². The molecular formula is C15H15ClN2. The SMILES string of the molecule is C[C@@H]1C=C2c3cccc4cc(Cl)n(c34)CC2NC1. The zero-order valence-electron chi connectivity index (χ0n) is 10.3. The molecule has 3 heterocycles. The van der Waals surface area contributed by atoms with Gasteiger partial charge < -0.3 is 9.88 Å². The highest BCUT2D eigenvalue weighted by Crippen LogP contribution is 2.38. The summed E-state index contributed by atoms with van der Waals surface area (Å²) in [5.74, 6) is 0.600. The third-order valence-corrected chi connectivity index (χ3v) is 4.38. The Morgan fingerprint density at radius 1 is 1.39 bits per heavy atom. The van der Waals surface area contributed by atoms with E-state index in [1.165, 1.54) is 22.0 Å². The number of hydrogen-bond donors (Lipinski definition) is 1. The van der Waals surface area contributed by atoms with E-state index in [0.29, 0.717) is 12.0 Å². The van der Waals surface area contributed by atoms with Crippen LogP contribution in [0, 0.1) is 5.92 Å². The number of benzene rings is 1. The summed E-state index contributed by atoms with van der Waals surface area (Å²) >= 11 is 6.35. The maximum Gasteiger partial charge on any atom is 0.110 e. The van der Waals surface area contributed by atoms with E-state index in [-0.39, 0.29) is 0 Å². The fourth-order valence-corrected chi connectivity index (χ4v) is 3.52. The Hall–Kier alpha value is -1.25. The first kappa shape index (κ1) is 10.7. The van der Waals surface area contributed by atoms with Crippen molar-refractivity contribution in [2.45, 2.75) is 19.5 Å². The van der Waals surface area contributed by atoms with Crippen molar-refractivity contribution in [3.63, 3.8) is 0 Å². The van der Waals surface area contributed by atoms with Crippen molar-refractivity contribution in [2.75, 3.05) is 6.54 Å². The van der Waals surface area contributed by atoms with Gasteiger partial charge in [-0.3, -0.25) is 0 Å². The lowest BCUT2D eigenvalue weighted by atomic mass is 9.88. The molecule has 2 aliphatic rings. The first-order valence-corrected chi connectivity index (χ1v) is 6.85. The Labute approximate surface area is 111 Å². The molecule has 1 aromatic heterocycles. The molecule has 0 amide bonds. The predicted octanol–water partition coefficient (Wildman–Crippen LogP) is 3.30. The molecule has 0 saturated carbocycles. The maximum absolute atomic E-state index is 6.35. The molecule has 3 heteroatoms. The summed E-state index contributed by atoms with van der Waals surface area (Å²) in [6, 6.07) is 8.96. The molecule has 0 fully saturated rings. The van der Waals surface area contributed by atoms with Crippen molar-refractivity contribution in [2.24, 2.45) is 5.92 Å². The van der Waals surface area contributed by atoms with Gasteiger partial charge in [-0.2, -0.15) is 0 Å². The molecule has 0 aliphatic carbocycles. The number of rotatable bonds is 0. The summed E-state index contributed by atoms with van der Waals surface area (Å²) < 4.78 is 2.23. The van der Waals surface area contributed by atoms with Gasteiger partial charge in [0.1, 0.15) is 5.15 Å². The highest BCUT2D eigenvalue weighted by Gasteiger charge is 2.29. The second-order valence-electron chi connectivity index (χ2n) is 5.38. The molecule has 0 bridgehead atoms. The Morgan fingerprint density at radius 3 is 3.17 bits per heavy atom. The van der Waals surface area contributed by atoms with Crippen molar-refractivity contribution in [3.8, 4) is 0 Å². The predicted molar refractivity (Wildman–Crippen MR) is 75.9 cm³/mol. The van der Waals surface area contributed by atoms with Gasteiger partial charge in [0.15, 0.2) is 0 Å². The molecular weight excluding hydrogens is 244 g/mol. The molecule has 2 aromatic rings. The molecule has 18 heavy (non-hydrogen) atoms. The van der Waals surface area contributed by atoms with Crippen molar-refractivity contribution in [1.82, 2.24) is 9.88 Å². The Morgan fingerprint density at radius 2 is 2.28 bits per heavy atom. The van der Waals surface area contributed by atoms with Gasteiger partial charge >= 0.3 is 0 Å². The molecule has 0 radical (unpaired) electrons. The molecule has 2 aliphatic heterocycles. The van der Waals surface area contributed by atoms with Crippen LogP contribution in [0.2, 0.25) is 5.15 Å². The number of nitrogens with zero attached hydrogens (tertiary/aromatic N) is 1. The van der Waals surface area contributed by atoms with Gasteiger partial charge in [0.25, 0.3) is 0 Å². The fourth-order valence-electron chi connectivity index (χ4n) is 3.25. The number of fused-ring (bicyclic) bond motifs is 2. The monoisotopic (exact) mass is 258 g/mol. The van der Waals surface area contributed by atoms with E-state index >= 15 is 0 Å². The minimum Gasteiger partial charge on any atom is -0.329 e. The smallest absolute Gasteiger partial charge is 0.110 e. The Balaban J connectivity index is 2.06. The van der Waals surface area contributed by atoms with Crippen LogP contribution >= 0.6 is 11.6 Å². The van der Waals surface area contributed by atoms with Crippen molar-refractivity contribution in [3.05, 3.63) is 41.1 Å². The Kier molecular flexibility index (Phi) is 2.14. The van der Waals surface area contributed by atoms with Crippen LogP contribution in [0.4, 0.5) is 0 Å². The van der Waals surface area contributed by atoms with Crippen LogP contribution in [0.15, 0.2) is 30.3 Å². The molecule has 2 nitrogen and oxygen atoms in total. The van der Waals surface area contributed by atoms with Crippen LogP contribution < -0.4 is 5.32 Å². The van der Waals surface area contributed by atoms with E-state index in [0.717, 1.165) is 18.2 Å². The van der Waals surface area contributed by atoms with Crippen LogP contribution in [0.3, 0.4) is 0 Å². The van der Waals surface area contributed by atoms with E-state index in [1.54, 1.807) is 0 Å². The lowest BCUT2D eigenvalue weighted by Crippen LogP contribution is -2.42. The minimum atomic E-state index is 0.407. The first-order chi connectivity index (χ1) is 8.74. The summed E-state index contributed by atoms with van der Waals surface area (Å²) in [7, 11) is 0. The Bertz CT molecular complexity index is 668. The zero-order chi connectivity index (χ0) is 12.3. The molecule has 1 unspecified atom stereocenters. The van der Waals surface area contributed by atoms with Crippen LogP contribution in [-0.2, 0) is 6.54 Å². The van der Waals surface area contributed by atoms with Crippen LogP contribution in [-0.4, -0.2) is 17.2 Å².